The zero-order valence-electron chi connectivity index (χ0n) is 29.8. The van der Waals surface area contributed by atoms with E-state index in [4.69, 9.17) is 34.3 Å². The van der Waals surface area contributed by atoms with Crippen LogP contribution < -0.4 is 0 Å². The van der Waals surface area contributed by atoms with Crippen LogP contribution in [0.3, 0.4) is 0 Å². The van der Waals surface area contributed by atoms with E-state index in [0.717, 1.165) is 65.1 Å². The monoisotopic (exact) mass is 738 g/mol. The van der Waals surface area contributed by atoms with Gasteiger partial charge in [0.05, 0.1) is 0 Å². The number of fused-ring (bicyclic) bond motifs is 3. The molecular weight excluding hydrogens is 709 g/mol. The van der Waals surface area contributed by atoms with Crippen LogP contribution in [0.4, 0.5) is 0 Å². The molecule has 0 atom stereocenters. The fourth-order valence-corrected chi connectivity index (χ4v) is 7.63. The van der Waals surface area contributed by atoms with Crippen molar-refractivity contribution >= 4 is 33.7 Å². The van der Waals surface area contributed by atoms with Crippen LogP contribution >= 0.6 is 11.8 Å². The van der Waals surface area contributed by atoms with Gasteiger partial charge < -0.3 is 4.42 Å². The van der Waals surface area contributed by atoms with Gasteiger partial charge in [0.1, 0.15) is 11.2 Å². The smallest absolute Gasteiger partial charge is 0.165 e. The summed E-state index contributed by atoms with van der Waals surface area (Å²) in [5, 5.41) is 2.07. The topological polar surface area (TPSA) is 90.5 Å². The minimum absolute atomic E-state index is 0.590. The Morgan fingerprint density at radius 2 is 0.750 bits per heavy atom. The van der Waals surface area contributed by atoms with Crippen molar-refractivity contribution in [3.63, 3.8) is 0 Å². The van der Waals surface area contributed by atoms with Crippen molar-refractivity contribution in [2.75, 3.05) is 0 Å². The molecule has 0 unspecified atom stereocenters. The maximum atomic E-state index is 6.12. The first kappa shape index (κ1) is 33.3. The molecule has 8 heteroatoms. The first-order valence-electron chi connectivity index (χ1n) is 18.2. The average Bonchev–Trinajstić information content (AvgIpc) is 3.65. The second-order valence-corrected chi connectivity index (χ2v) is 14.3. The summed E-state index contributed by atoms with van der Waals surface area (Å²) in [6, 6.07) is 60.8. The van der Waals surface area contributed by atoms with Gasteiger partial charge in [0.15, 0.2) is 34.9 Å². The number of hydrogen-bond donors (Lipinski definition) is 0. The second kappa shape index (κ2) is 14.5. The maximum absolute atomic E-state index is 6.12. The van der Waals surface area contributed by atoms with E-state index in [-0.39, 0.29) is 0 Å². The third kappa shape index (κ3) is 6.59. The first-order valence-corrected chi connectivity index (χ1v) is 19.0. The first-order chi connectivity index (χ1) is 27.7. The standard InChI is InChI=1S/C48H30N6OS/c1-4-14-31(15-5-1)43-49-44(32-16-6-2-7-17-32)51-46(50-43)34-24-27-36(28-25-34)56-42-23-13-11-21-38(42)48-53-45(33-18-8-3-9-19-33)52-47(54-48)35-26-29-41-39(30-35)37-20-10-12-22-40(37)55-41/h1-30H. The predicted octanol–water partition coefficient (Wildman–Crippen LogP) is 12.1. The second-order valence-electron chi connectivity index (χ2n) is 13.1. The summed E-state index contributed by atoms with van der Waals surface area (Å²) in [5.41, 5.74) is 7.15. The number of rotatable bonds is 8. The molecule has 3 aromatic heterocycles. The zero-order valence-corrected chi connectivity index (χ0v) is 30.6. The molecule has 0 radical (unpaired) electrons. The van der Waals surface area contributed by atoms with Gasteiger partial charge in [0.2, 0.25) is 0 Å². The quantitative estimate of drug-likeness (QED) is 0.152. The third-order valence-electron chi connectivity index (χ3n) is 9.47. The van der Waals surface area contributed by atoms with Crippen LogP contribution in [0.2, 0.25) is 0 Å². The Labute approximate surface area is 326 Å². The van der Waals surface area contributed by atoms with E-state index in [0.29, 0.717) is 34.9 Å². The normalized spacial score (nSPS) is 11.3. The Bertz CT molecular complexity index is 2930. The summed E-state index contributed by atoms with van der Waals surface area (Å²) in [6.07, 6.45) is 0. The van der Waals surface area contributed by atoms with Crippen LogP contribution in [-0.4, -0.2) is 29.9 Å². The summed E-state index contributed by atoms with van der Waals surface area (Å²) in [6.45, 7) is 0. The maximum Gasteiger partial charge on any atom is 0.165 e. The van der Waals surface area contributed by atoms with Crippen molar-refractivity contribution in [3.8, 4) is 68.3 Å². The lowest BCUT2D eigenvalue weighted by atomic mass is 10.1. The molecule has 7 nitrogen and oxygen atoms in total. The third-order valence-corrected chi connectivity index (χ3v) is 10.6. The molecule has 0 saturated carbocycles. The molecule has 0 bridgehead atoms. The van der Waals surface area contributed by atoms with Crippen molar-refractivity contribution in [1.29, 1.82) is 0 Å². The van der Waals surface area contributed by atoms with Gasteiger partial charge in [0, 0.05) is 53.9 Å². The minimum atomic E-state index is 0.590. The minimum Gasteiger partial charge on any atom is -0.456 e. The molecule has 0 amide bonds. The van der Waals surface area contributed by atoms with Crippen molar-refractivity contribution in [3.05, 3.63) is 182 Å². The van der Waals surface area contributed by atoms with E-state index in [9.17, 15) is 0 Å². The zero-order chi connectivity index (χ0) is 37.3. The predicted molar refractivity (Wildman–Crippen MR) is 224 cm³/mol. The summed E-state index contributed by atoms with van der Waals surface area (Å²) in [7, 11) is 0. The highest BCUT2D eigenvalue weighted by Crippen LogP contribution is 2.38. The van der Waals surface area contributed by atoms with Crippen molar-refractivity contribution in [2.45, 2.75) is 9.79 Å². The summed E-state index contributed by atoms with van der Waals surface area (Å²) in [5.74, 6) is 3.67. The van der Waals surface area contributed by atoms with Crippen LogP contribution in [0, 0.1) is 0 Å². The average molecular weight is 739 g/mol. The molecule has 264 valence electrons. The molecule has 10 aromatic rings. The van der Waals surface area contributed by atoms with Crippen LogP contribution in [0.1, 0.15) is 0 Å². The van der Waals surface area contributed by atoms with Gasteiger partial charge in [-0.1, -0.05) is 151 Å². The number of benzene rings is 7. The Balaban J connectivity index is 1.01. The lowest BCUT2D eigenvalue weighted by molar-refractivity contribution is 0.669. The van der Waals surface area contributed by atoms with E-state index < -0.39 is 0 Å². The highest BCUT2D eigenvalue weighted by molar-refractivity contribution is 7.99. The Morgan fingerprint density at radius 3 is 1.34 bits per heavy atom. The van der Waals surface area contributed by atoms with E-state index in [1.807, 2.05) is 133 Å². The van der Waals surface area contributed by atoms with Crippen LogP contribution in [0.15, 0.2) is 196 Å². The summed E-state index contributed by atoms with van der Waals surface area (Å²) >= 11 is 1.65. The van der Waals surface area contributed by atoms with Gasteiger partial charge in [-0.05, 0) is 42.5 Å². The molecule has 0 aliphatic rings. The molecule has 56 heavy (non-hydrogen) atoms. The number of para-hydroxylation sites is 1. The molecule has 3 heterocycles. The highest BCUT2D eigenvalue weighted by Gasteiger charge is 2.18. The Kier molecular flexibility index (Phi) is 8.62. The van der Waals surface area contributed by atoms with Gasteiger partial charge in [-0.2, -0.15) is 0 Å². The van der Waals surface area contributed by atoms with Crippen molar-refractivity contribution < 1.29 is 4.42 Å². The molecule has 0 saturated heterocycles. The molecule has 7 aromatic carbocycles. The molecule has 0 spiro atoms. The molecule has 0 fully saturated rings. The van der Waals surface area contributed by atoms with Gasteiger partial charge in [0.25, 0.3) is 0 Å². The summed E-state index contributed by atoms with van der Waals surface area (Å²) in [4.78, 5) is 31.9. The van der Waals surface area contributed by atoms with Gasteiger partial charge in [-0.3, -0.25) is 0 Å². The number of hydrogen-bond acceptors (Lipinski definition) is 8. The SMILES string of the molecule is c1ccc(-c2nc(-c3ccccc3)nc(-c3ccc(Sc4ccccc4-c4nc(-c5ccccc5)nc(-c5ccc6oc7ccccc7c6c5)n4)cc3)n2)cc1. The molecular formula is C48H30N6OS. The van der Waals surface area contributed by atoms with Gasteiger partial charge in [-0.15, -0.1) is 0 Å². The molecule has 0 N–H and O–H groups in total. The van der Waals surface area contributed by atoms with E-state index in [2.05, 4.69) is 48.5 Å². The fourth-order valence-electron chi connectivity index (χ4n) is 6.68. The lowest BCUT2D eigenvalue weighted by Gasteiger charge is -2.12. The highest BCUT2D eigenvalue weighted by atomic mass is 32.2. The number of furan rings is 1. The van der Waals surface area contributed by atoms with E-state index >= 15 is 0 Å². The fraction of sp³-hybridized carbons (Fsp3) is 0. The largest absolute Gasteiger partial charge is 0.456 e. The molecule has 0 aliphatic carbocycles. The summed E-state index contributed by atoms with van der Waals surface area (Å²) < 4.78 is 6.12. The van der Waals surface area contributed by atoms with E-state index in [1.165, 1.54) is 0 Å². The number of aromatic nitrogens is 6. The number of nitrogens with zero attached hydrogens (tertiary/aromatic N) is 6. The van der Waals surface area contributed by atoms with Crippen molar-refractivity contribution in [2.24, 2.45) is 0 Å². The van der Waals surface area contributed by atoms with E-state index in [1.54, 1.807) is 11.8 Å². The van der Waals surface area contributed by atoms with Crippen LogP contribution in [0.25, 0.3) is 90.3 Å². The van der Waals surface area contributed by atoms with Crippen LogP contribution in [0.5, 0.6) is 0 Å². The van der Waals surface area contributed by atoms with Crippen molar-refractivity contribution in [1.82, 2.24) is 29.9 Å². The Hall–Kier alpha value is -7.29. The molecule has 0 aliphatic heterocycles. The Morgan fingerprint density at radius 1 is 0.321 bits per heavy atom. The van der Waals surface area contributed by atoms with Crippen LogP contribution in [-0.2, 0) is 0 Å². The lowest BCUT2D eigenvalue weighted by Crippen LogP contribution is -2.01. The van der Waals surface area contributed by atoms with Gasteiger partial charge >= 0.3 is 0 Å². The van der Waals surface area contributed by atoms with Gasteiger partial charge in [-0.25, -0.2) is 29.9 Å². The molecule has 10 rings (SSSR count).